The summed E-state index contributed by atoms with van der Waals surface area (Å²) < 4.78 is 0. The molecular weight excluding hydrogens is 168 g/mol. The topological polar surface area (TPSA) is 0 Å². The van der Waals surface area contributed by atoms with Gasteiger partial charge < -0.3 is 0 Å². The van der Waals surface area contributed by atoms with Crippen molar-refractivity contribution in [2.45, 2.75) is 38.5 Å². The third kappa shape index (κ3) is 0.581. The minimum absolute atomic E-state index is 1.21. The van der Waals surface area contributed by atoms with Gasteiger partial charge in [0, 0.05) is 0 Å². The number of hydrogen-bond acceptors (Lipinski definition) is 0. The zero-order valence-electron chi connectivity index (χ0n) is 8.86. The van der Waals surface area contributed by atoms with Crippen LogP contribution in [0.2, 0.25) is 0 Å². The first-order valence-electron chi connectivity index (χ1n) is 6.93. The molecule has 14 heavy (non-hydrogen) atoms. The quantitative estimate of drug-likeness (QED) is 0.547. The van der Waals surface area contributed by atoms with Crippen molar-refractivity contribution < 1.29 is 0 Å². The molecule has 0 nitrogen and oxygen atoms in total. The van der Waals surface area contributed by atoms with Crippen LogP contribution in [0.4, 0.5) is 0 Å². The molecule has 5 saturated carbocycles. The lowest BCUT2D eigenvalue weighted by Crippen LogP contribution is -2.52. The summed E-state index contributed by atoms with van der Waals surface area (Å²) in [5, 5.41) is 0. The van der Waals surface area contributed by atoms with Crippen molar-refractivity contribution in [2.24, 2.45) is 47.3 Å². The molecule has 0 aromatic rings. The zero-order valence-corrected chi connectivity index (χ0v) is 8.86. The van der Waals surface area contributed by atoms with E-state index in [0.717, 1.165) is 0 Å². The second-order valence-corrected chi connectivity index (χ2v) is 6.98. The normalized spacial score (nSPS) is 72.0. The number of rotatable bonds is 0. The monoisotopic (exact) mass is 188 g/mol. The summed E-state index contributed by atoms with van der Waals surface area (Å²) in [5.74, 6) is 9.89. The average molecular weight is 188 g/mol. The van der Waals surface area contributed by atoms with Gasteiger partial charge in [-0.1, -0.05) is 0 Å². The van der Waals surface area contributed by atoms with Gasteiger partial charge in [-0.15, -0.1) is 0 Å². The van der Waals surface area contributed by atoms with E-state index >= 15 is 0 Å². The van der Waals surface area contributed by atoms with Crippen LogP contribution >= 0.6 is 0 Å². The largest absolute Gasteiger partial charge is 0.0499 e. The summed E-state index contributed by atoms with van der Waals surface area (Å²) in [5.41, 5.74) is 0. The molecule has 0 spiro atoms. The van der Waals surface area contributed by atoms with E-state index in [1.807, 2.05) is 0 Å². The smallest absolute Gasteiger partial charge is 0.0318 e. The Hall–Kier alpha value is 0. The highest BCUT2D eigenvalue weighted by Gasteiger charge is 2.69. The third-order valence-corrected chi connectivity index (χ3v) is 6.98. The van der Waals surface area contributed by atoms with Crippen molar-refractivity contribution in [3.05, 3.63) is 0 Å². The molecule has 5 fully saturated rings. The van der Waals surface area contributed by atoms with Crippen LogP contribution in [0.1, 0.15) is 38.5 Å². The molecule has 4 atom stereocenters. The molecule has 5 aliphatic carbocycles. The van der Waals surface area contributed by atoms with E-state index in [1.165, 1.54) is 47.3 Å². The average Bonchev–Trinajstić information content (AvgIpc) is 2.82. The van der Waals surface area contributed by atoms with Crippen LogP contribution in [0.5, 0.6) is 0 Å². The van der Waals surface area contributed by atoms with Gasteiger partial charge in [-0.3, -0.25) is 0 Å². The Bertz CT molecular complexity index is 228. The molecule has 0 aromatic carbocycles. The number of fused-ring (bicyclic) bond motifs is 12. The van der Waals surface area contributed by atoms with Gasteiger partial charge in [0.1, 0.15) is 0 Å². The standard InChI is InChI=1S/C14H20/c1-2-8-5-7(1)11-12(8)14-10-4-3-9(6-10)13(11)14/h7-14H,1-6H2/t7-,8-,9-,10-,11?,12?,13?,14?/m1/s1. The van der Waals surface area contributed by atoms with E-state index in [2.05, 4.69) is 0 Å². The molecule has 5 rings (SSSR count). The van der Waals surface area contributed by atoms with Crippen molar-refractivity contribution in [1.82, 2.24) is 0 Å². The first kappa shape index (κ1) is 7.30. The highest BCUT2D eigenvalue weighted by Crippen LogP contribution is 2.75. The van der Waals surface area contributed by atoms with Crippen molar-refractivity contribution in [3.8, 4) is 0 Å². The van der Waals surface area contributed by atoms with Crippen molar-refractivity contribution in [3.63, 3.8) is 0 Å². The first-order valence-corrected chi connectivity index (χ1v) is 6.93. The molecule has 0 heteroatoms. The van der Waals surface area contributed by atoms with Crippen LogP contribution in [0.25, 0.3) is 0 Å². The van der Waals surface area contributed by atoms with Crippen LogP contribution in [0, 0.1) is 47.3 Å². The molecule has 76 valence electrons. The molecule has 5 aliphatic rings. The van der Waals surface area contributed by atoms with Crippen LogP contribution in [0.3, 0.4) is 0 Å². The van der Waals surface area contributed by atoms with E-state index in [9.17, 15) is 0 Å². The molecule has 0 aliphatic heterocycles. The maximum atomic E-state index is 1.65. The van der Waals surface area contributed by atoms with E-state index in [0.29, 0.717) is 0 Å². The second kappa shape index (κ2) is 2.08. The lowest BCUT2D eigenvalue weighted by atomic mass is 9.48. The Morgan fingerprint density at radius 2 is 0.714 bits per heavy atom. The summed E-state index contributed by atoms with van der Waals surface area (Å²) in [4.78, 5) is 0. The van der Waals surface area contributed by atoms with Gasteiger partial charge in [-0.2, -0.15) is 0 Å². The summed E-state index contributed by atoms with van der Waals surface area (Å²) >= 11 is 0. The van der Waals surface area contributed by atoms with Crippen LogP contribution in [-0.4, -0.2) is 0 Å². The Balaban J connectivity index is 1.58. The molecule has 0 unspecified atom stereocenters. The maximum absolute atomic E-state index is 1.65. The molecule has 0 N–H and O–H groups in total. The summed E-state index contributed by atoms with van der Waals surface area (Å²) in [6.07, 6.45) is 9.78. The summed E-state index contributed by atoms with van der Waals surface area (Å²) in [6.45, 7) is 0. The summed E-state index contributed by atoms with van der Waals surface area (Å²) in [6, 6.07) is 0. The highest BCUT2D eigenvalue weighted by atomic mass is 14.7. The maximum Gasteiger partial charge on any atom is -0.0318 e. The van der Waals surface area contributed by atoms with Gasteiger partial charge in [0.25, 0.3) is 0 Å². The molecule has 0 radical (unpaired) electrons. The van der Waals surface area contributed by atoms with Gasteiger partial charge in [0.05, 0.1) is 0 Å². The fourth-order valence-electron chi connectivity index (χ4n) is 6.90. The predicted molar refractivity (Wildman–Crippen MR) is 55.6 cm³/mol. The lowest BCUT2D eigenvalue weighted by Gasteiger charge is -2.57. The van der Waals surface area contributed by atoms with Crippen molar-refractivity contribution in [2.75, 3.05) is 0 Å². The van der Waals surface area contributed by atoms with E-state index < -0.39 is 0 Å². The minimum atomic E-state index is 1.21. The molecule has 0 aromatic heterocycles. The Labute approximate surface area is 86.5 Å². The Kier molecular flexibility index (Phi) is 1.08. The zero-order chi connectivity index (χ0) is 8.86. The predicted octanol–water partition coefficient (Wildman–Crippen LogP) is 3.32. The Morgan fingerprint density at radius 1 is 0.429 bits per heavy atom. The van der Waals surface area contributed by atoms with Gasteiger partial charge in [0.15, 0.2) is 0 Å². The van der Waals surface area contributed by atoms with Gasteiger partial charge >= 0.3 is 0 Å². The first-order chi connectivity index (χ1) is 6.93. The Morgan fingerprint density at radius 3 is 1.00 bits per heavy atom. The number of hydrogen-bond donors (Lipinski definition) is 0. The third-order valence-electron chi connectivity index (χ3n) is 6.98. The lowest BCUT2D eigenvalue weighted by molar-refractivity contribution is -0.0918. The summed E-state index contributed by atoms with van der Waals surface area (Å²) in [7, 11) is 0. The molecule has 4 bridgehead atoms. The van der Waals surface area contributed by atoms with Crippen LogP contribution < -0.4 is 0 Å². The molecule has 0 saturated heterocycles. The fourth-order valence-corrected chi connectivity index (χ4v) is 6.90. The molecule has 0 heterocycles. The molecular formula is C14H20. The van der Waals surface area contributed by atoms with E-state index in [-0.39, 0.29) is 0 Å². The SMILES string of the molecule is C1C[C@@H]2C[C@@H]1C1C2C2C1[C@@H]1CC[C@@H]2C1. The van der Waals surface area contributed by atoms with Gasteiger partial charge in [-0.25, -0.2) is 0 Å². The van der Waals surface area contributed by atoms with Gasteiger partial charge in [0.2, 0.25) is 0 Å². The van der Waals surface area contributed by atoms with Crippen LogP contribution in [-0.2, 0) is 0 Å². The highest BCUT2D eigenvalue weighted by molar-refractivity contribution is 5.17. The minimum Gasteiger partial charge on any atom is -0.0499 e. The van der Waals surface area contributed by atoms with Crippen molar-refractivity contribution >= 4 is 0 Å². The van der Waals surface area contributed by atoms with E-state index in [4.69, 9.17) is 0 Å². The fraction of sp³-hybridized carbons (Fsp3) is 1.00. The van der Waals surface area contributed by atoms with Crippen LogP contribution in [0.15, 0.2) is 0 Å². The van der Waals surface area contributed by atoms with E-state index in [1.54, 1.807) is 38.5 Å². The van der Waals surface area contributed by atoms with Crippen molar-refractivity contribution in [1.29, 1.82) is 0 Å². The second-order valence-electron chi connectivity index (χ2n) is 6.98. The van der Waals surface area contributed by atoms with Gasteiger partial charge in [-0.05, 0) is 85.9 Å². The molecule has 0 amide bonds.